The maximum atomic E-state index is 12.5. The number of ether oxygens (including phenoxy) is 1. The molecule has 0 spiro atoms. The first-order chi connectivity index (χ1) is 9.60. The zero-order valence-corrected chi connectivity index (χ0v) is 10.3. The van der Waals surface area contributed by atoms with Crippen LogP contribution in [0.25, 0.3) is 0 Å². The Morgan fingerprint density at radius 1 is 1.19 bits per heavy atom. The molecule has 21 heavy (non-hydrogen) atoms. The zero-order valence-electron chi connectivity index (χ0n) is 10.3. The van der Waals surface area contributed by atoms with Crippen LogP contribution in [0.5, 0.6) is 0 Å². The fourth-order valence-electron chi connectivity index (χ4n) is 1.07. The van der Waals surface area contributed by atoms with Gasteiger partial charge < -0.3 is 14.6 Å². The summed E-state index contributed by atoms with van der Waals surface area (Å²) in [6.45, 7) is -3.84. The number of hydrogen-bond donors (Lipinski definition) is 1. The van der Waals surface area contributed by atoms with E-state index in [-0.39, 0.29) is 18.3 Å². The van der Waals surface area contributed by atoms with Crippen molar-refractivity contribution in [3.63, 3.8) is 0 Å². The molecule has 0 unspecified atom stereocenters. The molecule has 1 N–H and O–H groups in total. The lowest BCUT2D eigenvalue weighted by Gasteiger charge is -2.14. The first kappa shape index (κ1) is 17.6. The second kappa shape index (κ2) is 7.02. The minimum atomic E-state index is -4.41. The van der Waals surface area contributed by atoms with Crippen LogP contribution in [0.1, 0.15) is 11.7 Å². The van der Waals surface area contributed by atoms with Crippen molar-refractivity contribution in [2.45, 2.75) is 31.7 Å². The molecule has 1 aromatic heterocycles. The van der Waals surface area contributed by atoms with Gasteiger partial charge in [-0.15, -0.1) is 0 Å². The Labute approximate surface area is 113 Å². The highest BCUT2D eigenvalue weighted by Gasteiger charge is 2.41. The molecule has 12 heteroatoms. The number of nitrogens with zero attached hydrogens (tertiary/aromatic N) is 2. The van der Waals surface area contributed by atoms with Gasteiger partial charge in [-0.25, -0.2) is 8.78 Å². The van der Waals surface area contributed by atoms with Crippen LogP contribution in [-0.2, 0) is 17.9 Å². The monoisotopic (exact) mass is 325 g/mol. The third kappa shape index (κ3) is 6.71. The van der Waals surface area contributed by atoms with Gasteiger partial charge in [0.25, 0.3) is 0 Å². The van der Waals surface area contributed by atoms with E-state index in [0.29, 0.717) is 0 Å². The molecule has 0 fully saturated rings. The molecule has 0 radical (unpaired) electrons. The van der Waals surface area contributed by atoms with E-state index in [1.54, 1.807) is 0 Å². The fraction of sp³-hybridized carbons (Fsp3) is 0.778. The summed E-state index contributed by atoms with van der Waals surface area (Å²) in [6, 6.07) is 0. The highest BCUT2D eigenvalue weighted by Crippen LogP contribution is 2.23. The Morgan fingerprint density at radius 2 is 1.86 bits per heavy atom. The molecule has 0 aliphatic heterocycles. The number of alkyl halides is 7. The number of rotatable bonds is 8. The van der Waals surface area contributed by atoms with E-state index in [0.717, 1.165) is 0 Å². The molecular formula is C9H10F7N3O2. The molecule has 5 nitrogen and oxygen atoms in total. The molecule has 0 amide bonds. The highest BCUT2D eigenvalue weighted by molar-refractivity contribution is 4.84. The minimum Gasteiger partial charge on any atom is -0.367 e. The SMILES string of the molecule is FC(F)C(F)(F)COCc1noc(CNCC(F)(F)F)n1. The smallest absolute Gasteiger partial charge is 0.367 e. The van der Waals surface area contributed by atoms with E-state index in [4.69, 9.17) is 0 Å². The summed E-state index contributed by atoms with van der Waals surface area (Å²) in [5.74, 6) is -4.77. The van der Waals surface area contributed by atoms with Crippen molar-refractivity contribution < 1.29 is 40.0 Å². The summed E-state index contributed by atoms with van der Waals surface area (Å²) in [7, 11) is 0. The Hall–Kier alpha value is -1.43. The fourth-order valence-corrected chi connectivity index (χ4v) is 1.07. The molecule has 1 heterocycles. The Kier molecular flexibility index (Phi) is 5.89. The Bertz CT molecular complexity index is 435. The standard InChI is InChI=1S/C9H10F7N3O2/c10-7(11)8(12,13)4-20-2-5-18-6(21-19-5)1-17-3-9(14,15)16/h7,17H,1-4H2. The van der Waals surface area contributed by atoms with E-state index in [1.165, 1.54) is 0 Å². The molecule has 122 valence electrons. The van der Waals surface area contributed by atoms with Gasteiger partial charge in [0.1, 0.15) is 13.2 Å². The number of hydrogen-bond acceptors (Lipinski definition) is 5. The first-order valence-electron chi connectivity index (χ1n) is 5.43. The second-order valence-corrected chi connectivity index (χ2v) is 3.88. The van der Waals surface area contributed by atoms with Gasteiger partial charge in [-0.1, -0.05) is 5.16 Å². The highest BCUT2D eigenvalue weighted by atomic mass is 19.4. The van der Waals surface area contributed by atoms with Crippen molar-refractivity contribution in [2.75, 3.05) is 13.2 Å². The molecular weight excluding hydrogens is 315 g/mol. The van der Waals surface area contributed by atoms with Crippen molar-refractivity contribution >= 4 is 0 Å². The normalized spacial score (nSPS) is 13.1. The Morgan fingerprint density at radius 3 is 2.43 bits per heavy atom. The van der Waals surface area contributed by atoms with Crippen LogP contribution < -0.4 is 5.32 Å². The van der Waals surface area contributed by atoms with E-state index in [9.17, 15) is 30.7 Å². The van der Waals surface area contributed by atoms with Crippen molar-refractivity contribution in [1.82, 2.24) is 15.5 Å². The van der Waals surface area contributed by atoms with Gasteiger partial charge in [0, 0.05) is 0 Å². The maximum absolute atomic E-state index is 12.5. The van der Waals surface area contributed by atoms with Gasteiger partial charge in [-0.05, 0) is 0 Å². The molecule has 1 aromatic rings. The number of nitrogens with one attached hydrogen (secondary N) is 1. The summed E-state index contributed by atoms with van der Waals surface area (Å²) < 4.78 is 92.8. The average molecular weight is 325 g/mol. The van der Waals surface area contributed by atoms with Crippen LogP contribution >= 0.6 is 0 Å². The molecule has 0 bridgehead atoms. The van der Waals surface area contributed by atoms with Gasteiger partial charge in [0.05, 0.1) is 13.1 Å². The van der Waals surface area contributed by atoms with Gasteiger partial charge in [-0.3, -0.25) is 0 Å². The van der Waals surface area contributed by atoms with Crippen LogP contribution in [-0.4, -0.2) is 41.8 Å². The van der Waals surface area contributed by atoms with Gasteiger partial charge in [0.2, 0.25) is 5.89 Å². The number of aromatic nitrogens is 2. The van der Waals surface area contributed by atoms with E-state index < -0.39 is 38.3 Å². The third-order valence-electron chi connectivity index (χ3n) is 1.96. The zero-order chi connectivity index (χ0) is 16.1. The average Bonchev–Trinajstić information content (AvgIpc) is 2.75. The summed E-state index contributed by atoms with van der Waals surface area (Å²) in [4.78, 5) is 3.53. The molecule has 0 aromatic carbocycles. The second-order valence-electron chi connectivity index (χ2n) is 3.88. The molecule has 0 aliphatic carbocycles. The van der Waals surface area contributed by atoms with Gasteiger partial charge in [-0.2, -0.15) is 26.9 Å². The lowest BCUT2D eigenvalue weighted by atomic mass is 10.4. The summed E-state index contributed by atoms with van der Waals surface area (Å²) in [5.41, 5.74) is 0. The van der Waals surface area contributed by atoms with Crippen LogP contribution in [0, 0.1) is 0 Å². The van der Waals surface area contributed by atoms with Crippen LogP contribution in [0.3, 0.4) is 0 Å². The molecule has 0 saturated carbocycles. The topological polar surface area (TPSA) is 60.2 Å². The molecule has 1 rings (SSSR count). The molecule has 0 atom stereocenters. The van der Waals surface area contributed by atoms with E-state index in [1.807, 2.05) is 5.32 Å². The summed E-state index contributed by atoms with van der Waals surface area (Å²) in [6.07, 6.45) is -8.28. The molecule has 0 aliphatic rings. The quantitative estimate of drug-likeness (QED) is 0.742. The predicted octanol–water partition coefficient (Wildman–Crippen LogP) is 2.14. The van der Waals surface area contributed by atoms with Crippen molar-refractivity contribution in [2.24, 2.45) is 0 Å². The van der Waals surface area contributed by atoms with E-state index in [2.05, 4.69) is 19.4 Å². The van der Waals surface area contributed by atoms with Crippen molar-refractivity contribution in [3.8, 4) is 0 Å². The van der Waals surface area contributed by atoms with E-state index >= 15 is 0 Å². The lowest BCUT2D eigenvalue weighted by Crippen LogP contribution is -2.32. The maximum Gasteiger partial charge on any atom is 0.401 e. The predicted molar refractivity (Wildman–Crippen MR) is 52.7 cm³/mol. The lowest BCUT2D eigenvalue weighted by molar-refractivity contribution is -0.168. The van der Waals surface area contributed by atoms with Gasteiger partial charge >= 0.3 is 18.5 Å². The van der Waals surface area contributed by atoms with Crippen LogP contribution in [0.2, 0.25) is 0 Å². The summed E-state index contributed by atoms with van der Waals surface area (Å²) in [5, 5.41) is 5.20. The third-order valence-corrected chi connectivity index (χ3v) is 1.96. The number of halogens is 7. The largest absolute Gasteiger partial charge is 0.401 e. The first-order valence-corrected chi connectivity index (χ1v) is 5.43. The van der Waals surface area contributed by atoms with Crippen LogP contribution in [0.4, 0.5) is 30.7 Å². The minimum absolute atomic E-state index is 0.224. The Balaban J connectivity index is 2.32. The van der Waals surface area contributed by atoms with Crippen LogP contribution in [0.15, 0.2) is 4.52 Å². The van der Waals surface area contributed by atoms with Crippen molar-refractivity contribution in [1.29, 1.82) is 0 Å². The van der Waals surface area contributed by atoms with Gasteiger partial charge in [0.15, 0.2) is 5.82 Å². The summed E-state index contributed by atoms with van der Waals surface area (Å²) >= 11 is 0. The molecule has 0 saturated heterocycles. The van der Waals surface area contributed by atoms with Crippen molar-refractivity contribution in [3.05, 3.63) is 11.7 Å².